The average Bonchev–Trinajstić information content (AvgIpc) is 3.54. The van der Waals surface area contributed by atoms with Crippen molar-refractivity contribution in [3.8, 4) is 5.75 Å². The van der Waals surface area contributed by atoms with Gasteiger partial charge in [0.2, 0.25) is 11.8 Å². The van der Waals surface area contributed by atoms with Gasteiger partial charge in [-0.2, -0.15) is 5.01 Å². The van der Waals surface area contributed by atoms with E-state index >= 15 is 4.79 Å². The molecule has 1 saturated carbocycles. The lowest BCUT2D eigenvalue weighted by Crippen LogP contribution is -2.53. The van der Waals surface area contributed by atoms with Gasteiger partial charge in [-0.05, 0) is 73.6 Å². The molecule has 4 amide bonds. The summed E-state index contributed by atoms with van der Waals surface area (Å²) < 4.78 is 0. The lowest BCUT2D eigenvalue weighted by Gasteiger charge is -2.50. The van der Waals surface area contributed by atoms with E-state index in [9.17, 15) is 29.4 Å². The van der Waals surface area contributed by atoms with E-state index in [4.69, 9.17) is 0 Å². The number of imide groups is 2. The van der Waals surface area contributed by atoms with E-state index in [1.807, 2.05) is 61.5 Å². The second-order valence-electron chi connectivity index (χ2n) is 14.3. The van der Waals surface area contributed by atoms with Gasteiger partial charge >= 0.3 is 5.97 Å². The molecule has 6 unspecified atom stereocenters. The van der Waals surface area contributed by atoms with E-state index in [1.165, 1.54) is 24.3 Å². The number of carbonyl (C=O) groups excluding carboxylic acids is 4. The summed E-state index contributed by atoms with van der Waals surface area (Å²) in [5.41, 5.74) is 5.54. The Labute approximate surface area is 306 Å². The SMILES string of the molecule is C=CCc1cccc(C2C3=CCC4C(=O)N(c5cccc(C(=O)O)c5)C(=O)C4C3CC3C(=O)N(Nc4ccc(C)cc4)C(=O)C32c2ccccc2)c1O. The van der Waals surface area contributed by atoms with Crippen molar-refractivity contribution in [2.24, 2.45) is 23.7 Å². The Morgan fingerprint density at radius 3 is 2.36 bits per heavy atom. The number of aromatic carboxylic acids is 1. The van der Waals surface area contributed by atoms with Crippen LogP contribution in [0.3, 0.4) is 0 Å². The number of fused-ring (bicyclic) bond motifs is 4. The van der Waals surface area contributed by atoms with Gasteiger partial charge in [0.25, 0.3) is 11.8 Å². The predicted molar refractivity (Wildman–Crippen MR) is 197 cm³/mol. The van der Waals surface area contributed by atoms with Gasteiger partial charge in [0.15, 0.2) is 0 Å². The summed E-state index contributed by atoms with van der Waals surface area (Å²) in [5.74, 6) is -7.28. The lowest BCUT2D eigenvalue weighted by atomic mass is 9.49. The van der Waals surface area contributed by atoms with Gasteiger partial charge < -0.3 is 10.2 Å². The summed E-state index contributed by atoms with van der Waals surface area (Å²) in [5, 5.41) is 22.7. The van der Waals surface area contributed by atoms with Gasteiger partial charge in [-0.15, -0.1) is 6.58 Å². The van der Waals surface area contributed by atoms with Crippen LogP contribution in [0.15, 0.2) is 121 Å². The number of phenols is 1. The van der Waals surface area contributed by atoms with Crippen LogP contribution in [0.1, 0.15) is 51.4 Å². The van der Waals surface area contributed by atoms with Crippen LogP contribution in [-0.4, -0.2) is 44.8 Å². The van der Waals surface area contributed by atoms with Gasteiger partial charge in [0, 0.05) is 11.5 Å². The van der Waals surface area contributed by atoms with Crippen LogP contribution in [0.25, 0.3) is 0 Å². The number of aromatic hydroxyl groups is 1. The number of carbonyl (C=O) groups is 5. The van der Waals surface area contributed by atoms with E-state index in [2.05, 4.69) is 12.0 Å². The predicted octanol–water partition coefficient (Wildman–Crippen LogP) is 6.32. The van der Waals surface area contributed by atoms with Gasteiger partial charge in [0.1, 0.15) is 5.75 Å². The van der Waals surface area contributed by atoms with Gasteiger partial charge in [-0.25, -0.2) is 4.79 Å². The van der Waals surface area contributed by atoms with Crippen molar-refractivity contribution in [3.05, 3.63) is 149 Å². The molecule has 3 fully saturated rings. The number of para-hydroxylation sites is 1. The number of anilines is 2. The molecule has 10 heteroatoms. The Bertz CT molecular complexity index is 2250. The summed E-state index contributed by atoms with van der Waals surface area (Å²) >= 11 is 0. The molecule has 10 nitrogen and oxygen atoms in total. The van der Waals surface area contributed by atoms with E-state index in [1.54, 1.807) is 30.3 Å². The third-order valence-electron chi connectivity index (χ3n) is 11.6. The molecular weight excluding hydrogens is 670 g/mol. The first-order chi connectivity index (χ1) is 25.6. The number of carboxylic acids is 1. The van der Waals surface area contributed by atoms with Gasteiger partial charge in [-0.1, -0.05) is 90.0 Å². The Morgan fingerprint density at radius 2 is 1.64 bits per heavy atom. The zero-order chi connectivity index (χ0) is 37.2. The first kappa shape index (κ1) is 33.8. The number of benzene rings is 4. The summed E-state index contributed by atoms with van der Waals surface area (Å²) in [6, 6.07) is 27.6. The van der Waals surface area contributed by atoms with Crippen molar-refractivity contribution in [3.63, 3.8) is 0 Å². The molecule has 266 valence electrons. The van der Waals surface area contributed by atoms with Gasteiger partial charge in [0.05, 0.1) is 40.1 Å². The number of hydrogen-bond acceptors (Lipinski definition) is 7. The number of nitrogens with zero attached hydrogens (tertiary/aromatic N) is 2. The number of hydrogen-bond donors (Lipinski definition) is 3. The van der Waals surface area contributed by atoms with Crippen molar-refractivity contribution >= 4 is 41.0 Å². The van der Waals surface area contributed by atoms with E-state index in [0.717, 1.165) is 15.5 Å². The molecule has 0 radical (unpaired) electrons. The highest BCUT2D eigenvalue weighted by Crippen LogP contribution is 2.65. The highest BCUT2D eigenvalue weighted by Gasteiger charge is 2.70. The summed E-state index contributed by atoms with van der Waals surface area (Å²) in [6.45, 7) is 5.79. The zero-order valence-electron chi connectivity index (χ0n) is 28.9. The molecule has 2 aliphatic carbocycles. The maximum Gasteiger partial charge on any atom is 0.335 e. The molecule has 2 saturated heterocycles. The fraction of sp³-hybridized carbons (Fsp3) is 0.233. The van der Waals surface area contributed by atoms with E-state index < -0.39 is 64.6 Å². The number of nitrogens with one attached hydrogen (secondary N) is 1. The molecule has 2 heterocycles. The van der Waals surface area contributed by atoms with Crippen LogP contribution in [0.4, 0.5) is 11.4 Å². The Kier molecular flexibility index (Phi) is 8.13. The van der Waals surface area contributed by atoms with Crippen molar-refractivity contribution in [2.75, 3.05) is 10.3 Å². The Balaban J connectivity index is 1.33. The fourth-order valence-electron chi connectivity index (χ4n) is 9.29. The molecule has 4 aromatic rings. The minimum atomic E-state index is -1.53. The first-order valence-corrected chi connectivity index (χ1v) is 17.7. The molecule has 6 atom stereocenters. The van der Waals surface area contributed by atoms with Crippen LogP contribution in [0.2, 0.25) is 0 Å². The quantitative estimate of drug-likeness (QED) is 0.143. The van der Waals surface area contributed by atoms with Crippen molar-refractivity contribution in [2.45, 2.75) is 37.5 Å². The number of amides is 4. The third-order valence-corrected chi connectivity index (χ3v) is 11.6. The monoisotopic (exact) mass is 707 g/mol. The second kappa shape index (κ2) is 12.7. The molecule has 4 aliphatic rings. The zero-order valence-corrected chi connectivity index (χ0v) is 28.9. The van der Waals surface area contributed by atoms with Crippen molar-refractivity contribution < 1.29 is 34.2 Å². The maximum atomic E-state index is 15.3. The van der Waals surface area contributed by atoms with Crippen LogP contribution >= 0.6 is 0 Å². The standard InChI is InChI=1S/C43H37N3O7/c1-3-9-25-10-8-15-32(37(25)47)36-30-20-21-31-35(40(50)45(38(31)48)29-14-7-11-26(22-29)41(51)52)33(30)23-34-39(49)46(44-28-18-16-24(2)17-19-28)42(53)43(34,36)27-12-5-4-6-13-27/h3-8,10-20,22,31,33-36,44,47H,1,9,21,23H2,2H3,(H,51,52). The van der Waals surface area contributed by atoms with Crippen molar-refractivity contribution in [1.29, 1.82) is 0 Å². The number of hydrazine groups is 1. The number of aryl methyl sites for hydroxylation is 1. The summed E-state index contributed by atoms with van der Waals surface area (Å²) in [7, 11) is 0. The highest BCUT2D eigenvalue weighted by atomic mass is 16.4. The number of rotatable bonds is 8. The molecule has 53 heavy (non-hydrogen) atoms. The lowest BCUT2D eigenvalue weighted by molar-refractivity contribution is -0.138. The molecule has 2 aliphatic heterocycles. The molecule has 3 N–H and O–H groups in total. The van der Waals surface area contributed by atoms with Gasteiger partial charge in [-0.3, -0.25) is 29.5 Å². The molecule has 0 bridgehead atoms. The molecule has 4 aromatic carbocycles. The minimum Gasteiger partial charge on any atom is -0.507 e. The molecular formula is C43H37N3O7. The highest BCUT2D eigenvalue weighted by molar-refractivity contribution is 6.23. The summed E-state index contributed by atoms with van der Waals surface area (Å²) in [6.07, 6.45) is 4.23. The van der Waals surface area contributed by atoms with E-state index in [0.29, 0.717) is 34.4 Å². The smallest absolute Gasteiger partial charge is 0.335 e. The fourth-order valence-corrected chi connectivity index (χ4v) is 9.29. The Hall–Kier alpha value is -6.29. The average molecular weight is 708 g/mol. The third kappa shape index (κ3) is 5.03. The van der Waals surface area contributed by atoms with E-state index in [-0.39, 0.29) is 29.8 Å². The van der Waals surface area contributed by atoms with Crippen LogP contribution < -0.4 is 10.3 Å². The normalized spacial score (nSPS) is 26.1. The minimum absolute atomic E-state index is 0.0266. The molecule has 0 aromatic heterocycles. The molecule has 8 rings (SSSR count). The van der Waals surface area contributed by atoms with Crippen LogP contribution in [0, 0.1) is 30.6 Å². The van der Waals surface area contributed by atoms with Crippen molar-refractivity contribution in [1.82, 2.24) is 5.01 Å². The molecule has 0 spiro atoms. The number of phenolic OH excluding ortho intramolecular Hbond substituents is 1. The summed E-state index contributed by atoms with van der Waals surface area (Å²) in [4.78, 5) is 71.7. The number of allylic oxidation sites excluding steroid dienone is 3. The maximum absolute atomic E-state index is 15.3. The van der Waals surface area contributed by atoms with Crippen LogP contribution in [-0.2, 0) is 31.0 Å². The first-order valence-electron chi connectivity index (χ1n) is 17.7. The second-order valence-corrected chi connectivity index (χ2v) is 14.3. The topological polar surface area (TPSA) is 144 Å². The Morgan fingerprint density at radius 1 is 0.906 bits per heavy atom. The van der Waals surface area contributed by atoms with Crippen LogP contribution in [0.5, 0.6) is 5.75 Å². The largest absolute Gasteiger partial charge is 0.507 e. The number of carboxylic acid groups (broad SMARTS) is 1.